The summed E-state index contributed by atoms with van der Waals surface area (Å²) >= 11 is 5.32. The molecule has 1 fully saturated rings. The summed E-state index contributed by atoms with van der Waals surface area (Å²) in [6.45, 7) is 0. The summed E-state index contributed by atoms with van der Waals surface area (Å²) in [7, 11) is 0. The van der Waals surface area contributed by atoms with Crippen LogP contribution < -0.4 is 4.90 Å². The lowest BCUT2D eigenvalue weighted by atomic mass is 9.93. The minimum Gasteiger partial charge on any atom is -0.302 e. The number of carbonyl (C=O) groups is 2. The number of alkyl halides is 3. The van der Waals surface area contributed by atoms with Crippen LogP contribution in [0.2, 0.25) is 0 Å². The van der Waals surface area contributed by atoms with Gasteiger partial charge in [0.2, 0.25) is 0 Å². The molecule has 0 aromatic heterocycles. The van der Waals surface area contributed by atoms with Crippen molar-refractivity contribution in [3.63, 3.8) is 0 Å². The van der Waals surface area contributed by atoms with E-state index in [1.165, 1.54) is 24.3 Å². The molecule has 0 aliphatic heterocycles. The fraction of sp³-hybridized carbons (Fsp3) is 0.467. The predicted octanol–water partition coefficient (Wildman–Crippen LogP) is 4.29. The second-order valence-electron chi connectivity index (χ2n) is 5.29. The first-order valence-corrected chi connectivity index (χ1v) is 7.39. The quantitative estimate of drug-likeness (QED) is 0.774. The normalized spacial score (nSPS) is 16.4. The smallest absolute Gasteiger partial charge is 0.302 e. The van der Waals surface area contributed by atoms with Gasteiger partial charge in [0.05, 0.1) is 0 Å². The number of carbonyl (C=O) groups excluding carboxylic acids is 2. The zero-order valence-corrected chi connectivity index (χ0v) is 12.5. The number of benzene rings is 1. The van der Waals surface area contributed by atoms with Gasteiger partial charge in [-0.25, -0.2) is 0 Å². The van der Waals surface area contributed by atoms with Crippen molar-refractivity contribution in [2.45, 2.75) is 44.3 Å². The SMILES string of the molecule is O=C(Cl)c1ccc(N(C(=O)C(F)(F)F)C2CCCCC2)cc1. The van der Waals surface area contributed by atoms with Crippen LogP contribution in [0, 0.1) is 0 Å². The highest BCUT2D eigenvalue weighted by atomic mass is 35.5. The van der Waals surface area contributed by atoms with Crippen molar-refractivity contribution in [2.75, 3.05) is 4.90 Å². The fourth-order valence-corrected chi connectivity index (χ4v) is 2.85. The molecule has 2 rings (SSSR count). The van der Waals surface area contributed by atoms with E-state index < -0.39 is 23.4 Å². The van der Waals surface area contributed by atoms with Crippen LogP contribution >= 0.6 is 11.6 Å². The van der Waals surface area contributed by atoms with E-state index in [4.69, 9.17) is 11.6 Å². The van der Waals surface area contributed by atoms with Gasteiger partial charge in [0.25, 0.3) is 5.24 Å². The van der Waals surface area contributed by atoms with Crippen LogP contribution in [0.4, 0.5) is 18.9 Å². The van der Waals surface area contributed by atoms with Crippen molar-refractivity contribution in [2.24, 2.45) is 0 Å². The van der Waals surface area contributed by atoms with Crippen LogP contribution in [-0.2, 0) is 4.79 Å². The topological polar surface area (TPSA) is 37.4 Å². The molecule has 0 bridgehead atoms. The van der Waals surface area contributed by atoms with Crippen molar-refractivity contribution in [3.05, 3.63) is 29.8 Å². The number of nitrogens with zero attached hydrogens (tertiary/aromatic N) is 1. The highest BCUT2D eigenvalue weighted by Crippen LogP contribution is 2.31. The Kier molecular flexibility index (Phi) is 5.11. The number of halogens is 4. The van der Waals surface area contributed by atoms with Crippen molar-refractivity contribution >= 4 is 28.4 Å². The number of hydrogen-bond donors (Lipinski definition) is 0. The molecule has 0 radical (unpaired) electrons. The number of rotatable bonds is 3. The summed E-state index contributed by atoms with van der Waals surface area (Å²) in [5.41, 5.74) is 0.310. The Bertz CT molecular complexity index is 551. The van der Waals surface area contributed by atoms with Crippen LogP contribution in [0.3, 0.4) is 0 Å². The van der Waals surface area contributed by atoms with Gasteiger partial charge < -0.3 is 4.90 Å². The molecule has 0 N–H and O–H groups in total. The molecule has 22 heavy (non-hydrogen) atoms. The summed E-state index contributed by atoms with van der Waals surface area (Å²) in [5.74, 6) is -1.87. The van der Waals surface area contributed by atoms with Gasteiger partial charge in [0, 0.05) is 17.3 Å². The number of amides is 1. The summed E-state index contributed by atoms with van der Waals surface area (Å²) in [4.78, 5) is 23.6. The number of anilines is 1. The van der Waals surface area contributed by atoms with Gasteiger partial charge in [0.1, 0.15) is 0 Å². The van der Waals surface area contributed by atoms with Crippen molar-refractivity contribution in [1.82, 2.24) is 0 Å². The first-order chi connectivity index (χ1) is 10.3. The molecule has 0 atom stereocenters. The Labute approximate surface area is 131 Å². The van der Waals surface area contributed by atoms with E-state index in [2.05, 4.69) is 0 Å². The Balaban J connectivity index is 2.34. The molecule has 1 saturated carbocycles. The van der Waals surface area contributed by atoms with Crippen molar-refractivity contribution < 1.29 is 22.8 Å². The Morgan fingerprint density at radius 1 is 1.05 bits per heavy atom. The molecule has 0 saturated heterocycles. The average molecular weight is 334 g/mol. The lowest BCUT2D eigenvalue weighted by Gasteiger charge is -2.34. The van der Waals surface area contributed by atoms with Gasteiger partial charge in [-0.05, 0) is 48.7 Å². The zero-order chi connectivity index (χ0) is 16.3. The van der Waals surface area contributed by atoms with Crippen LogP contribution in [0.1, 0.15) is 42.5 Å². The van der Waals surface area contributed by atoms with Gasteiger partial charge in [0.15, 0.2) is 0 Å². The van der Waals surface area contributed by atoms with E-state index in [1.807, 2.05) is 0 Å². The monoisotopic (exact) mass is 333 g/mol. The van der Waals surface area contributed by atoms with Gasteiger partial charge in [-0.3, -0.25) is 9.59 Å². The van der Waals surface area contributed by atoms with Crippen LogP contribution in [0.15, 0.2) is 24.3 Å². The van der Waals surface area contributed by atoms with E-state index in [0.717, 1.165) is 24.2 Å². The standard InChI is InChI=1S/C15H15ClF3NO2/c16-13(21)10-6-8-12(9-7-10)20(14(22)15(17,18)19)11-4-2-1-3-5-11/h6-9,11H,1-5H2. The van der Waals surface area contributed by atoms with Crippen LogP contribution in [0.5, 0.6) is 0 Å². The zero-order valence-electron chi connectivity index (χ0n) is 11.7. The summed E-state index contributed by atoms with van der Waals surface area (Å²) in [6, 6.07) is 4.83. The van der Waals surface area contributed by atoms with Gasteiger partial charge in [-0.1, -0.05) is 19.3 Å². The first kappa shape index (κ1) is 16.8. The van der Waals surface area contributed by atoms with Gasteiger partial charge in [-0.2, -0.15) is 13.2 Å². The molecule has 1 aromatic carbocycles. The molecule has 3 nitrogen and oxygen atoms in total. The lowest BCUT2D eigenvalue weighted by Crippen LogP contribution is -2.48. The maximum absolute atomic E-state index is 12.9. The van der Waals surface area contributed by atoms with E-state index in [0.29, 0.717) is 12.8 Å². The van der Waals surface area contributed by atoms with E-state index in [9.17, 15) is 22.8 Å². The molecular weight excluding hydrogens is 319 g/mol. The average Bonchev–Trinajstić information content (AvgIpc) is 2.48. The van der Waals surface area contributed by atoms with Crippen molar-refractivity contribution in [1.29, 1.82) is 0 Å². The summed E-state index contributed by atoms with van der Waals surface area (Å²) < 4.78 is 38.6. The minimum atomic E-state index is -4.93. The fourth-order valence-electron chi connectivity index (χ4n) is 2.72. The third-order valence-corrected chi connectivity index (χ3v) is 3.99. The summed E-state index contributed by atoms with van der Waals surface area (Å²) in [5, 5.41) is -0.696. The highest BCUT2D eigenvalue weighted by Gasteiger charge is 2.45. The molecule has 0 spiro atoms. The van der Waals surface area contributed by atoms with E-state index in [-0.39, 0.29) is 11.3 Å². The maximum atomic E-state index is 12.9. The minimum absolute atomic E-state index is 0.135. The second-order valence-corrected chi connectivity index (χ2v) is 5.63. The molecule has 7 heteroatoms. The number of hydrogen-bond acceptors (Lipinski definition) is 2. The maximum Gasteiger partial charge on any atom is 0.471 e. The van der Waals surface area contributed by atoms with Crippen LogP contribution in [-0.4, -0.2) is 23.4 Å². The molecule has 120 valence electrons. The molecule has 1 aliphatic carbocycles. The third kappa shape index (κ3) is 3.80. The van der Waals surface area contributed by atoms with Gasteiger partial charge >= 0.3 is 12.1 Å². The largest absolute Gasteiger partial charge is 0.471 e. The second kappa shape index (κ2) is 6.69. The molecule has 0 heterocycles. The predicted molar refractivity (Wildman–Crippen MR) is 77.0 cm³/mol. The lowest BCUT2D eigenvalue weighted by molar-refractivity contribution is -0.171. The Morgan fingerprint density at radius 3 is 2.05 bits per heavy atom. The van der Waals surface area contributed by atoms with Crippen LogP contribution in [0.25, 0.3) is 0 Å². The van der Waals surface area contributed by atoms with E-state index >= 15 is 0 Å². The first-order valence-electron chi connectivity index (χ1n) is 7.01. The molecule has 1 amide bonds. The Hall–Kier alpha value is -1.56. The molecule has 1 aliphatic rings. The third-order valence-electron chi connectivity index (χ3n) is 3.77. The highest BCUT2D eigenvalue weighted by molar-refractivity contribution is 6.67. The molecule has 1 aromatic rings. The Morgan fingerprint density at radius 2 is 1.59 bits per heavy atom. The summed E-state index contributed by atoms with van der Waals surface area (Å²) in [6.07, 6.45) is -1.30. The van der Waals surface area contributed by atoms with E-state index in [1.54, 1.807) is 0 Å². The molecular formula is C15H15ClF3NO2. The molecule has 0 unspecified atom stereocenters. The van der Waals surface area contributed by atoms with Gasteiger partial charge in [-0.15, -0.1) is 0 Å². The van der Waals surface area contributed by atoms with Crippen molar-refractivity contribution in [3.8, 4) is 0 Å².